The van der Waals surface area contributed by atoms with Crippen molar-refractivity contribution in [2.75, 3.05) is 0 Å². The Bertz CT molecular complexity index is 699. The van der Waals surface area contributed by atoms with Crippen molar-refractivity contribution in [2.24, 2.45) is 5.73 Å². The van der Waals surface area contributed by atoms with Crippen molar-refractivity contribution in [1.82, 2.24) is 9.88 Å². The van der Waals surface area contributed by atoms with Gasteiger partial charge < -0.3 is 10.3 Å². The van der Waals surface area contributed by atoms with Crippen molar-refractivity contribution in [3.63, 3.8) is 0 Å². The van der Waals surface area contributed by atoms with E-state index in [4.69, 9.17) is 10.3 Å². The van der Waals surface area contributed by atoms with Crippen molar-refractivity contribution in [1.29, 1.82) is 0 Å². The number of aromatic nitrogens is 1. The first-order chi connectivity index (χ1) is 9.44. The molecule has 0 spiro atoms. The van der Waals surface area contributed by atoms with Gasteiger partial charge in [0.1, 0.15) is 5.82 Å². The van der Waals surface area contributed by atoms with Gasteiger partial charge >= 0.3 is 0 Å². The molecule has 6 nitrogen and oxygen atoms in total. The van der Waals surface area contributed by atoms with E-state index in [1.54, 1.807) is 0 Å². The largest absolute Gasteiger partial charge is 0.360 e. The third-order valence-electron chi connectivity index (χ3n) is 2.81. The molecule has 1 aromatic heterocycles. The Kier molecular flexibility index (Phi) is 4.17. The first-order valence-electron chi connectivity index (χ1n) is 5.82. The van der Waals surface area contributed by atoms with E-state index in [0.717, 1.165) is 0 Å². The molecule has 0 unspecified atom stereocenters. The van der Waals surface area contributed by atoms with Crippen LogP contribution in [0.3, 0.4) is 0 Å². The number of halogens is 1. The molecule has 0 fully saturated rings. The molecule has 0 radical (unpaired) electrons. The predicted molar refractivity (Wildman–Crippen MR) is 69.6 cm³/mol. The van der Waals surface area contributed by atoms with Crippen LogP contribution in [0.2, 0.25) is 0 Å². The second-order valence-corrected chi connectivity index (χ2v) is 5.94. The van der Waals surface area contributed by atoms with Crippen molar-refractivity contribution in [3.05, 3.63) is 47.1 Å². The van der Waals surface area contributed by atoms with Crippen LogP contribution >= 0.6 is 0 Å². The van der Waals surface area contributed by atoms with Crippen LogP contribution in [0.1, 0.15) is 16.9 Å². The quantitative estimate of drug-likeness (QED) is 0.860. The minimum atomic E-state index is -3.86. The molecule has 0 aliphatic carbocycles. The maximum atomic E-state index is 13.7. The van der Waals surface area contributed by atoms with E-state index in [1.807, 2.05) is 0 Å². The summed E-state index contributed by atoms with van der Waals surface area (Å²) in [5.41, 5.74) is 5.89. The first kappa shape index (κ1) is 14.6. The van der Waals surface area contributed by atoms with Gasteiger partial charge in [0.05, 0.1) is 17.6 Å². The van der Waals surface area contributed by atoms with Gasteiger partial charge in [-0.1, -0.05) is 5.16 Å². The summed E-state index contributed by atoms with van der Waals surface area (Å²) in [7, 11) is -3.86. The van der Waals surface area contributed by atoms with Crippen LogP contribution < -0.4 is 10.5 Å². The number of hydrogen-bond donors (Lipinski definition) is 2. The number of rotatable bonds is 5. The van der Waals surface area contributed by atoms with Gasteiger partial charge in [-0.05, 0) is 24.6 Å². The second-order valence-electron chi connectivity index (χ2n) is 4.21. The van der Waals surface area contributed by atoms with E-state index in [0.29, 0.717) is 11.3 Å². The predicted octanol–water partition coefficient (Wildman–Crippen LogP) is 1.06. The van der Waals surface area contributed by atoms with Crippen molar-refractivity contribution >= 4 is 10.0 Å². The Morgan fingerprint density at radius 2 is 2.20 bits per heavy atom. The lowest BCUT2D eigenvalue weighted by atomic mass is 10.1. The lowest BCUT2D eigenvalue weighted by Crippen LogP contribution is -2.24. The zero-order valence-electron chi connectivity index (χ0n) is 10.8. The third-order valence-corrected chi connectivity index (χ3v) is 4.34. The highest BCUT2D eigenvalue weighted by Crippen LogP contribution is 2.20. The Labute approximate surface area is 115 Å². The summed E-state index contributed by atoms with van der Waals surface area (Å²) < 4.78 is 45.2. The van der Waals surface area contributed by atoms with Crippen LogP contribution in [0.5, 0.6) is 0 Å². The van der Waals surface area contributed by atoms with Crippen LogP contribution in [-0.2, 0) is 23.1 Å². The number of sulfonamides is 1. The third kappa shape index (κ3) is 3.03. The van der Waals surface area contributed by atoms with Crippen molar-refractivity contribution in [3.8, 4) is 0 Å². The van der Waals surface area contributed by atoms with E-state index in [1.165, 1.54) is 31.3 Å². The summed E-state index contributed by atoms with van der Waals surface area (Å²) >= 11 is 0. The van der Waals surface area contributed by atoms with Crippen LogP contribution in [0, 0.1) is 12.7 Å². The fraction of sp³-hybridized carbons (Fsp3) is 0.250. The molecule has 0 atom stereocenters. The molecule has 3 N–H and O–H groups in total. The van der Waals surface area contributed by atoms with Gasteiger partial charge in [-0.15, -0.1) is 0 Å². The lowest BCUT2D eigenvalue weighted by Gasteiger charge is -2.11. The summed E-state index contributed by atoms with van der Waals surface area (Å²) in [5.74, 6) is -0.241. The van der Waals surface area contributed by atoms with Gasteiger partial charge in [-0.2, -0.15) is 0 Å². The number of hydrogen-bond acceptors (Lipinski definition) is 5. The topological polar surface area (TPSA) is 98.2 Å². The molecule has 20 heavy (non-hydrogen) atoms. The fourth-order valence-electron chi connectivity index (χ4n) is 1.68. The average molecular weight is 299 g/mol. The molecular formula is C12H14FN3O3S. The van der Waals surface area contributed by atoms with Gasteiger partial charge in [-0.3, -0.25) is 0 Å². The molecule has 2 rings (SSSR count). The van der Waals surface area contributed by atoms with E-state index in [2.05, 4.69) is 9.88 Å². The normalized spacial score (nSPS) is 11.8. The Hall–Kier alpha value is -1.77. The maximum Gasteiger partial charge on any atom is 0.241 e. The minimum absolute atomic E-state index is 0.0484. The highest BCUT2D eigenvalue weighted by Gasteiger charge is 2.20. The minimum Gasteiger partial charge on any atom is -0.360 e. The Morgan fingerprint density at radius 1 is 1.45 bits per heavy atom. The second kappa shape index (κ2) is 5.70. The molecule has 1 aromatic carbocycles. The summed E-state index contributed by atoms with van der Waals surface area (Å²) in [6, 6.07) is 4.12. The maximum absolute atomic E-state index is 13.7. The number of nitrogens with two attached hydrogens (primary N) is 1. The molecule has 0 amide bonds. The standard InChI is InChI=1S/C12H14FN3O3S/c1-8-11(13)4-9(6-14)5-12(8)20(17,18)16-7-10-2-3-15-19-10/h2-5,16H,6-7,14H2,1H3. The molecule has 0 saturated carbocycles. The molecule has 0 bridgehead atoms. The molecule has 0 aliphatic heterocycles. The SMILES string of the molecule is Cc1c(F)cc(CN)cc1S(=O)(=O)NCc1ccno1. The van der Waals surface area contributed by atoms with Gasteiger partial charge in [0.25, 0.3) is 0 Å². The zero-order valence-corrected chi connectivity index (χ0v) is 11.6. The van der Waals surface area contributed by atoms with E-state index >= 15 is 0 Å². The zero-order chi connectivity index (χ0) is 14.8. The van der Waals surface area contributed by atoms with Crippen molar-refractivity contribution in [2.45, 2.75) is 24.9 Å². The van der Waals surface area contributed by atoms with Crippen molar-refractivity contribution < 1.29 is 17.3 Å². The molecule has 0 saturated heterocycles. The highest BCUT2D eigenvalue weighted by molar-refractivity contribution is 7.89. The van der Waals surface area contributed by atoms with Gasteiger partial charge in [0, 0.05) is 18.2 Å². The van der Waals surface area contributed by atoms with E-state index in [-0.39, 0.29) is 23.5 Å². The Balaban J connectivity index is 2.31. The number of benzene rings is 1. The van der Waals surface area contributed by atoms with Gasteiger partial charge in [-0.25, -0.2) is 17.5 Å². The van der Waals surface area contributed by atoms with Crippen LogP contribution in [0.15, 0.2) is 33.8 Å². The summed E-state index contributed by atoms with van der Waals surface area (Å²) in [5, 5.41) is 3.47. The van der Waals surface area contributed by atoms with Crippen LogP contribution in [0.25, 0.3) is 0 Å². The van der Waals surface area contributed by atoms with Gasteiger partial charge in [0.15, 0.2) is 5.76 Å². The molecule has 2 aromatic rings. The number of nitrogens with zero attached hydrogens (tertiary/aromatic N) is 1. The average Bonchev–Trinajstić information content (AvgIpc) is 2.92. The molecule has 1 heterocycles. The van der Waals surface area contributed by atoms with Crippen LogP contribution in [-0.4, -0.2) is 13.6 Å². The summed E-state index contributed by atoms with van der Waals surface area (Å²) in [6.07, 6.45) is 1.41. The smallest absolute Gasteiger partial charge is 0.241 e. The van der Waals surface area contributed by atoms with Crippen LogP contribution in [0.4, 0.5) is 4.39 Å². The molecular weight excluding hydrogens is 285 g/mol. The Morgan fingerprint density at radius 3 is 2.80 bits per heavy atom. The van der Waals surface area contributed by atoms with Gasteiger partial charge in [0.2, 0.25) is 10.0 Å². The molecule has 8 heteroatoms. The molecule has 108 valence electrons. The fourth-order valence-corrected chi connectivity index (χ4v) is 2.98. The summed E-state index contributed by atoms with van der Waals surface area (Å²) in [6.45, 7) is 1.40. The number of nitrogens with one attached hydrogen (secondary N) is 1. The summed E-state index contributed by atoms with van der Waals surface area (Å²) in [4.78, 5) is -0.127. The van der Waals surface area contributed by atoms with E-state index in [9.17, 15) is 12.8 Å². The highest BCUT2D eigenvalue weighted by atomic mass is 32.2. The molecule has 0 aliphatic rings. The lowest BCUT2D eigenvalue weighted by molar-refractivity contribution is 0.380. The van der Waals surface area contributed by atoms with E-state index < -0.39 is 15.8 Å². The first-order valence-corrected chi connectivity index (χ1v) is 7.30. The monoisotopic (exact) mass is 299 g/mol.